The molecule has 1 atom stereocenters. The van der Waals surface area contributed by atoms with E-state index in [4.69, 9.17) is 0 Å². The molecule has 1 aromatic carbocycles. The van der Waals surface area contributed by atoms with Gasteiger partial charge in [-0.15, -0.1) is 0 Å². The summed E-state index contributed by atoms with van der Waals surface area (Å²) < 4.78 is 26.4. The number of hydrogen-bond acceptors (Lipinski definition) is 3. The number of alkyl halides is 2. The van der Waals surface area contributed by atoms with E-state index in [1.54, 1.807) is 49.3 Å². The molecule has 3 rings (SSSR count). The topological polar surface area (TPSA) is 51.0 Å². The summed E-state index contributed by atoms with van der Waals surface area (Å²) >= 11 is 0. The second-order valence-electron chi connectivity index (χ2n) is 6.29. The summed E-state index contributed by atoms with van der Waals surface area (Å²) in [4.78, 5) is 18.7. The van der Waals surface area contributed by atoms with Crippen LogP contribution in [0.1, 0.15) is 41.3 Å². The van der Waals surface area contributed by atoms with Gasteiger partial charge in [0.25, 0.3) is 5.91 Å². The smallest absolute Gasteiger partial charge is 0.333 e. The standard InChI is InChI=1S/C20H20F2N4O/c1-13-17(12-24-26(13)20(21)22)15-7-9-16(10-8-15)19(27)25(3)14(2)18-6-4-5-11-23-18/h4-12,14,20H,1-3H3/t14-/m1/s1. The normalized spacial score (nSPS) is 12.2. The quantitative estimate of drug-likeness (QED) is 0.665. The van der Waals surface area contributed by atoms with Crippen molar-refractivity contribution in [3.8, 4) is 11.1 Å². The number of nitrogens with zero attached hydrogens (tertiary/aromatic N) is 4. The van der Waals surface area contributed by atoms with Crippen molar-refractivity contribution >= 4 is 5.91 Å². The summed E-state index contributed by atoms with van der Waals surface area (Å²) in [6.45, 7) is 0.827. The number of carbonyl (C=O) groups excluding carboxylic acids is 1. The molecule has 0 N–H and O–H groups in total. The Morgan fingerprint density at radius 2 is 1.85 bits per heavy atom. The zero-order valence-corrected chi connectivity index (χ0v) is 15.3. The van der Waals surface area contributed by atoms with Crippen molar-refractivity contribution in [3.63, 3.8) is 0 Å². The minimum Gasteiger partial charge on any atom is -0.333 e. The summed E-state index contributed by atoms with van der Waals surface area (Å²) in [5, 5.41) is 3.72. The van der Waals surface area contributed by atoms with Gasteiger partial charge < -0.3 is 4.90 Å². The van der Waals surface area contributed by atoms with E-state index in [0.29, 0.717) is 21.5 Å². The van der Waals surface area contributed by atoms with Crippen LogP contribution in [0.15, 0.2) is 54.9 Å². The number of benzene rings is 1. The summed E-state index contributed by atoms with van der Waals surface area (Å²) in [6, 6.07) is 12.3. The highest BCUT2D eigenvalue weighted by Crippen LogP contribution is 2.27. The monoisotopic (exact) mass is 370 g/mol. The van der Waals surface area contributed by atoms with E-state index >= 15 is 0 Å². The lowest BCUT2D eigenvalue weighted by molar-refractivity contribution is 0.0545. The van der Waals surface area contributed by atoms with Crippen LogP contribution < -0.4 is 0 Å². The summed E-state index contributed by atoms with van der Waals surface area (Å²) in [5.41, 5.74) is 3.05. The molecule has 0 saturated heterocycles. The van der Waals surface area contributed by atoms with Crippen LogP contribution in [0.5, 0.6) is 0 Å². The average Bonchev–Trinajstić information content (AvgIpc) is 3.08. The van der Waals surface area contributed by atoms with Gasteiger partial charge in [0, 0.05) is 30.1 Å². The second kappa shape index (κ2) is 7.65. The fraction of sp³-hybridized carbons (Fsp3) is 0.250. The Bertz CT molecular complexity index is 923. The molecule has 0 unspecified atom stereocenters. The molecule has 2 aromatic heterocycles. The van der Waals surface area contributed by atoms with E-state index in [-0.39, 0.29) is 11.9 Å². The van der Waals surface area contributed by atoms with Crippen molar-refractivity contribution in [2.45, 2.75) is 26.4 Å². The summed E-state index contributed by atoms with van der Waals surface area (Å²) in [7, 11) is 1.73. The predicted octanol–water partition coefficient (Wildman–Crippen LogP) is 4.48. The van der Waals surface area contributed by atoms with Gasteiger partial charge in [-0.25, -0.2) is 4.68 Å². The van der Waals surface area contributed by atoms with Crippen LogP contribution in [0.2, 0.25) is 0 Å². The zero-order valence-electron chi connectivity index (χ0n) is 15.3. The first kappa shape index (κ1) is 18.7. The van der Waals surface area contributed by atoms with Crippen molar-refractivity contribution in [1.29, 1.82) is 0 Å². The molecule has 0 aliphatic heterocycles. The fourth-order valence-corrected chi connectivity index (χ4v) is 2.90. The molecular weight excluding hydrogens is 350 g/mol. The molecule has 0 aliphatic carbocycles. The van der Waals surface area contributed by atoms with Crippen molar-refractivity contribution < 1.29 is 13.6 Å². The van der Waals surface area contributed by atoms with Crippen LogP contribution in [0, 0.1) is 6.92 Å². The maximum atomic E-state index is 12.9. The van der Waals surface area contributed by atoms with Gasteiger partial charge >= 0.3 is 6.55 Å². The number of pyridine rings is 1. The van der Waals surface area contributed by atoms with E-state index in [9.17, 15) is 13.6 Å². The van der Waals surface area contributed by atoms with Crippen LogP contribution in [0.4, 0.5) is 8.78 Å². The Morgan fingerprint density at radius 1 is 1.15 bits per heavy atom. The first-order valence-electron chi connectivity index (χ1n) is 8.51. The maximum Gasteiger partial charge on any atom is 0.333 e. The van der Waals surface area contributed by atoms with Gasteiger partial charge in [-0.2, -0.15) is 13.9 Å². The summed E-state index contributed by atoms with van der Waals surface area (Å²) in [6.07, 6.45) is 3.11. The van der Waals surface area contributed by atoms with E-state index in [0.717, 1.165) is 11.3 Å². The third-order valence-electron chi connectivity index (χ3n) is 4.69. The first-order valence-corrected chi connectivity index (χ1v) is 8.51. The minimum atomic E-state index is -2.68. The molecule has 1 amide bonds. The molecular formula is C20H20F2N4O. The van der Waals surface area contributed by atoms with Crippen LogP contribution in [-0.4, -0.2) is 32.6 Å². The van der Waals surface area contributed by atoms with E-state index in [2.05, 4.69) is 10.1 Å². The van der Waals surface area contributed by atoms with Crippen LogP contribution in [-0.2, 0) is 0 Å². The molecule has 0 radical (unpaired) electrons. The molecule has 3 aromatic rings. The van der Waals surface area contributed by atoms with Crippen molar-refractivity contribution in [2.75, 3.05) is 7.05 Å². The maximum absolute atomic E-state index is 12.9. The molecule has 27 heavy (non-hydrogen) atoms. The number of amides is 1. The third kappa shape index (κ3) is 3.72. The van der Waals surface area contributed by atoms with Crippen LogP contribution in [0.25, 0.3) is 11.1 Å². The Balaban J connectivity index is 1.80. The lowest BCUT2D eigenvalue weighted by Crippen LogP contribution is -2.30. The van der Waals surface area contributed by atoms with Crippen molar-refractivity contribution in [3.05, 3.63) is 71.8 Å². The Hall–Kier alpha value is -3.09. The second-order valence-corrected chi connectivity index (χ2v) is 6.29. The highest BCUT2D eigenvalue weighted by atomic mass is 19.3. The number of hydrogen-bond donors (Lipinski definition) is 0. The molecule has 0 saturated carbocycles. The molecule has 0 aliphatic rings. The molecule has 140 valence electrons. The summed E-state index contributed by atoms with van der Waals surface area (Å²) in [5.74, 6) is -0.139. The number of carbonyl (C=O) groups is 1. The minimum absolute atomic E-state index is 0.139. The Kier molecular flexibility index (Phi) is 5.30. The fourth-order valence-electron chi connectivity index (χ4n) is 2.90. The van der Waals surface area contributed by atoms with Gasteiger partial charge in [0.15, 0.2) is 0 Å². The van der Waals surface area contributed by atoms with Gasteiger partial charge in [0.05, 0.1) is 17.9 Å². The zero-order chi connectivity index (χ0) is 19.6. The highest BCUT2D eigenvalue weighted by molar-refractivity contribution is 5.94. The number of aromatic nitrogens is 3. The Morgan fingerprint density at radius 3 is 2.41 bits per heavy atom. The molecule has 0 fully saturated rings. The van der Waals surface area contributed by atoms with Gasteiger partial charge in [-0.3, -0.25) is 9.78 Å². The molecule has 5 nitrogen and oxygen atoms in total. The van der Waals surface area contributed by atoms with Crippen LogP contribution in [0.3, 0.4) is 0 Å². The lowest BCUT2D eigenvalue weighted by Gasteiger charge is -2.24. The molecule has 0 bridgehead atoms. The number of halogens is 2. The number of rotatable bonds is 5. The average molecular weight is 370 g/mol. The van der Waals surface area contributed by atoms with E-state index in [1.165, 1.54) is 6.20 Å². The SMILES string of the molecule is Cc1c(-c2ccc(C(=O)N(C)[C@H](C)c3ccccn3)cc2)cnn1C(F)F. The predicted molar refractivity (Wildman–Crippen MR) is 98.4 cm³/mol. The van der Waals surface area contributed by atoms with Gasteiger partial charge in [-0.05, 0) is 43.7 Å². The third-order valence-corrected chi connectivity index (χ3v) is 4.69. The largest absolute Gasteiger partial charge is 0.333 e. The highest BCUT2D eigenvalue weighted by Gasteiger charge is 2.20. The molecule has 2 heterocycles. The van der Waals surface area contributed by atoms with Gasteiger partial charge in [-0.1, -0.05) is 18.2 Å². The van der Waals surface area contributed by atoms with E-state index < -0.39 is 6.55 Å². The first-order chi connectivity index (χ1) is 12.9. The Labute approximate surface area is 156 Å². The van der Waals surface area contributed by atoms with Crippen molar-refractivity contribution in [1.82, 2.24) is 19.7 Å². The molecule has 7 heteroatoms. The van der Waals surface area contributed by atoms with Gasteiger partial charge in [0.2, 0.25) is 0 Å². The van der Waals surface area contributed by atoms with E-state index in [1.807, 2.05) is 25.1 Å². The lowest BCUT2D eigenvalue weighted by atomic mass is 10.0. The van der Waals surface area contributed by atoms with Gasteiger partial charge in [0.1, 0.15) is 0 Å². The molecule has 0 spiro atoms. The van der Waals surface area contributed by atoms with Crippen LogP contribution >= 0.6 is 0 Å². The van der Waals surface area contributed by atoms with Crippen molar-refractivity contribution in [2.24, 2.45) is 0 Å².